The van der Waals surface area contributed by atoms with E-state index < -0.39 is 31.9 Å². The molecule has 0 amide bonds. The second kappa shape index (κ2) is 4.65. The van der Waals surface area contributed by atoms with Crippen LogP contribution in [-0.4, -0.2) is 30.3 Å². The second-order valence-corrected chi connectivity index (χ2v) is 5.27. The zero-order valence-corrected chi connectivity index (χ0v) is 11.0. The molecule has 0 spiro atoms. The summed E-state index contributed by atoms with van der Waals surface area (Å²) >= 11 is 0. The van der Waals surface area contributed by atoms with Gasteiger partial charge in [0, 0.05) is 18.7 Å². The summed E-state index contributed by atoms with van der Waals surface area (Å²) in [5.74, 6) is 0. The summed E-state index contributed by atoms with van der Waals surface area (Å²) < 4.78 is 52.6. The fourth-order valence-electron chi connectivity index (χ4n) is 1.64. The van der Waals surface area contributed by atoms with E-state index in [2.05, 4.69) is 9.72 Å². The van der Waals surface area contributed by atoms with E-state index in [1.807, 2.05) is 27.7 Å². The van der Waals surface area contributed by atoms with E-state index in [-0.39, 0.29) is 5.69 Å². The van der Waals surface area contributed by atoms with Gasteiger partial charge in [-0.2, -0.15) is 0 Å². The molecular weight excluding hydrogens is 229 g/mol. The topological polar surface area (TPSA) is 40.6 Å². The lowest BCUT2D eigenvalue weighted by Crippen LogP contribution is -2.41. The van der Waals surface area contributed by atoms with Crippen LogP contribution in [0.3, 0.4) is 0 Å². The van der Waals surface area contributed by atoms with Crippen LogP contribution in [-0.2, 0) is 20.6 Å². The molecule has 1 aliphatic rings. The van der Waals surface area contributed by atoms with Crippen molar-refractivity contribution in [1.29, 1.82) is 0 Å². The fourth-order valence-corrected chi connectivity index (χ4v) is 1.64. The Bertz CT molecular complexity index is 558. The van der Waals surface area contributed by atoms with Crippen molar-refractivity contribution in [3.63, 3.8) is 0 Å². The van der Waals surface area contributed by atoms with Crippen molar-refractivity contribution in [2.75, 3.05) is 7.04 Å². The summed E-state index contributed by atoms with van der Waals surface area (Å²) in [6.45, 7) is 5.20. The molecule has 18 heavy (non-hydrogen) atoms. The van der Waals surface area contributed by atoms with Gasteiger partial charge in [0.1, 0.15) is 0 Å². The maximum absolute atomic E-state index is 7.69. The minimum absolute atomic E-state index is 0.131. The Morgan fingerprint density at radius 3 is 2.50 bits per heavy atom. The minimum atomic E-state index is -2.85. The van der Waals surface area contributed by atoms with Crippen molar-refractivity contribution < 1.29 is 20.9 Å². The van der Waals surface area contributed by atoms with Crippen LogP contribution in [0.25, 0.3) is 0 Å². The molecule has 1 saturated heterocycles. The summed E-state index contributed by atoms with van der Waals surface area (Å²) in [5.41, 5.74) is -0.490. The van der Waals surface area contributed by atoms with Gasteiger partial charge in [0.2, 0.25) is 0 Å². The van der Waals surface area contributed by atoms with E-state index in [0.29, 0.717) is 5.46 Å². The highest BCUT2D eigenvalue weighted by Gasteiger charge is 2.51. The monoisotopic (exact) mass is 254 g/mol. The molecule has 0 N–H and O–H groups in total. The van der Waals surface area contributed by atoms with E-state index in [0.717, 1.165) is 0 Å². The molecule has 5 heteroatoms. The number of pyridine rings is 1. The lowest BCUT2D eigenvalue weighted by atomic mass is 9.80. The van der Waals surface area contributed by atoms with Gasteiger partial charge in [-0.15, -0.1) is 0 Å². The zero-order chi connectivity index (χ0) is 17.7. The standard InChI is InChI=1S/C13H20BNO3/c1-12(2)13(3,4)18-14(17-12)10-6-7-11(9-16-5)15-8-10/h6-8H,9H2,1-5H3/i5D3,9D2. The highest BCUT2D eigenvalue weighted by atomic mass is 16.7. The van der Waals surface area contributed by atoms with Crippen molar-refractivity contribution in [3.8, 4) is 0 Å². The van der Waals surface area contributed by atoms with Crippen LogP contribution in [0.5, 0.6) is 0 Å². The Balaban J connectivity index is 2.18. The SMILES string of the molecule is [2H]C([2H])([2H])OC([2H])([2H])c1ccc(B2OC(C)(C)C(C)(C)O2)cn1. The number of hydrogen-bond acceptors (Lipinski definition) is 4. The van der Waals surface area contributed by atoms with Gasteiger partial charge in [-0.25, -0.2) is 0 Å². The molecule has 1 fully saturated rings. The lowest BCUT2D eigenvalue weighted by Gasteiger charge is -2.32. The normalized spacial score (nSPS) is 26.9. The first-order valence-electron chi connectivity index (χ1n) is 8.26. The predicted octanol–water partition coefficient (Wildman–Crippen LogP) is 1.53. The second-order valence-electron chi connectivity index (χ2n) is 5.27. The number of hydrogen-bond donors (Lipinski definition) is 0. The average molecular weight is 254 g/mol. The molecule has 1 aromatic heterocycles. The fraction of sp³-hybridized carbons (Fsp3) is 0.615. The van der Waals surface area contributed by atoms with Gasteiger partial charge in [0.25, 0.3) is 0 Å². The number of rotatable bonds is 3. The Morgan fingerprint density at radius 1 is 1.33 bits per heavy atom. The first-order chi connectivity index (χ1) is 10.2. The summed E-state index contributed by atoms with van der Waals surface area (Å²) in [6.07, 6.45) is 1.40. The highest BCUT2D eigenvalue weighted by molar-refractivity contribution is 6.62. The van der Waals surface area contributed by atoms with E-state index in [4.69, 9.17) is 16.2 Å². The van der Waals surface area contributed by atoms with E-state index >= 15 is 0 Å². The molecule has 1 aromatic rings. The summed E-state index contributed by atoms with van der Waals surface area (Å²) in [6, 6.07) is 2.96. The van der Waals surface area contributed by atoms with Crippen molar-refractivity contribution in [3.05, 3.63) is 24.0 Å². The van der Waals surface area contributed by atoms with Crippen LogP contribution in [0.15, 0.2) is 18.3 Å². The number of methoxy groups -OCH3 is 1. The van der Waals surface area contributed by atoms with Crippen LogP contribution in [0, 0.1) is 0 Å². The predicted molar refractivity (Wildman–Crippen MR) is 70.7 cm³/mol. The molecule has 2 rings (SSSR count). The molecule has 0 radical (unpaired) electrons. The summed E-state index contributed by atoms with van der Waals surface area (Å²) in [7, 11) is -3.47. The maximum Gasteiger partial charge on any atom is 0.496 e. The van der Waals surface area contributed by atoms with Gasteiger partial charge in [-0.3, -0.25) is 4.98 Å². The molecule has 98 valence electrons. The third-order valence-electron chi connectivity index (χ3n) is 3.47. The molecule has 0 bridgehead atoms. The number of ether oxygens (including phenoxy) is 1. The molecular formula is C13H20BNO3. The van der Waals surface area contributed by atoms with Crippen LogP contribution >= 0.6 is 0 Å². The summed E-state index contributed by atoms with van der Waals surface area (Å²) in [4.78, 5) is 3.96. The third kappa shape index (κ3) is 2.43. The maximum atomic E-state index is 7.69. The van der Waals surface area contributed by atoms with E-state index in [1.165, 1.54) is 12.3 Å². The van der Waals surface area contributed by atoms with Gasteiger partial charge < -0.3 is 14.0 Å². The lowest BCUT2D eigenvalue weighted by molar-refractivity contribution is 0.00578. The molecule has 4 nitrogen and oxygen atoms in total. The van der Waals surface area contributed by atoms with Crippen LogP contribution in [0.2, 0.25) is 0 Å². The average Bonchev–Trinajstić information content (AvgIpc) is 2.56. The van der Waals surface area contributed by atoms with Crippen molar-refractivity contribution in [1.82, 2.24) is 4.98 Å². The minimum Gasteiger partial charge on any atom is -0.399 e. The van der Waals surface area contributed by atoms with Crippen LogP contribution in [0.1, 0.15) is 40.2 Å². The third-order valence-corrected chi connectivity index (χ3v) is 3.47. The van der Waals surface area contributed by atoms with Gasteiger partial charge in [-0.05, 0) is 33.8 Å². The highest BCUT2D eigenvalue weighted by Crippen LogP contribution is 2.36. The summed E-state index contributed by atoms with van der Waals surface area (Å²) in [5, 5.41) is 0. The Hall–Kier alpha value is -0.905. The van der Waals surface area contributed by atoms with Gasteiger partial charge in [-0.1, -0.05) is 6.07 Å². The van der Waals surface area contributed by atoms with Crippen molar-refractivity contribution >= 4 is 12.6 Å². The number of nitrogens with zero attached hydrogens (tertiary/aromatic N) is 1. The number of aromatic nitrogens is 1. The van der Waals surface area contributed by atoms with Gasteiger partial charge in [0.05, 0.1) is 30.3 Å². The van der Waals surface area contributed by atoms with E-state index in [9.17, 15) is 0 Å². The largest absolute Gasteiger partial charge is 0.496 e. The molecule has 1 aliphatic heterocycles. The van der Waals surface area contributed by atoms with E-state index in [1.54, 1.807) is 6.07 Å². The van der Waals surface area contributed by atoms with Crippen LogP contribution in [0.4, 0.5) is 0 Å². The molecule has 0 saturated carbocycles. The smallest absolute Gasteiger partial charge is 0.399 e. The van der Waals surface area contributed by atoms with Gasteiger partial charge in [0.15, 0.2) is 0 Å². The molecule has 0 aromatic carbocycles. The quantitative estimate of drug-likeness (QED) is 0.767. The zero-order valence-electron chi connectivity index (χ0n) is 16.0. The molecule has 2 heterocycles. The van der Waals surface area contributed by atoms with Crippen LogP contribution < -0.4 is 5.46 Å². The van der Waals surface area contributed by atoms with Crippen molar-refractivity contribution in [2.24, 2.45) is 0 Å². The van der Waals surface area contributed by atoms with Gasteiger partial charge >= 0.3 is 7.12 Å². The Morgan fingerprint density at radius 2 is 2.00 bits per heavy atom. The first-order valence-corrected chi connectivity index (χ1v) is 5.76. The molecule has 0 unspecified atom stereocenters. The Kier molecular flexibility index (Phi) is 2.14. The van der Waals surface area contributed by atoms with Crippen molar-refractivity contribution in [2.45, 2.75) is 45.5 Å². The first kappa shape index (κ1) is 8.30. The molecule has 0 atom stereocenters. The molecule has 0 aliphatic carbocycles. The Labute approximate surface area is 116 Å².